The van der Waals surface area contributed by atoms with E-state index >= 15 is 0 Å². The smallest absolute Gasteiger partial charge is 0.252 e. The Kier molecular flexibility index (Phi) is 7.29. The number of aryl methyl sites for hydroxylation is 4. The van der Waals surface area contributed by atoms with Gasteiger partial charge in [-0.05, 0) is 63.4 Å². The van der Waals surface area contributed by atoms with E-state index in [1.54, 1.807) is 11.8 Å². The molecule has 0 aliphatic rings. The number of hydrogen-bond acceptors (Lipinski definition) is 5. The van der Waals surface area contributed by atoms with E-state index < -0.39 is 0 Å². The maximum absolute atomic E-state index is 12.9. The zero-order valence-corrected chi connectivity index (χ0v) is 20.0. The predicted molar refractivity (Wildman–Crippen MR) is 131 cm³/mol. The second-order valence-electron chi connectivity index (χ2n) is 7.97. The summed E-state index contributed by atoms with van der Waals surface area (Å²) in [5, 5.41) is 11.7. The largest absolute Gasteiger partial charge is 0.361 e. The third-order valence-electron chi connectivity index (χ3n) is 5.61. The molecule has 7 heteroatoms. The summed E-state index contributed by atoms with van der Waals surface area (Å²) in [7, 11) is 0. The normalized spacial score (nSPS) is 11.0. The van der Waals surface area contributed by atoms with Gasteiger partial charge in [-0.15, -0.1) is 11.8 Å². The molecular formula is C26H28N4O2S. The number of benzene rings is 2. The first kappa shape index (κ1) is 22.9. The summed E-state index contributed by atoms with van der Waals surface area (Å²) in [6, 6.07) is 17.8. The molecule has 0 radical (unpaired) electrons. The van der Waals surface area contributed by atoms with Gasteiger partial charge in [0.05, 0.1) is 22.6 Å². The highest BCUT2D eigenvalue weighted by atomic mass is 32.2. The van der Waals surface area contributed by atoms with Gasteiger partial charge in [0.25, 0.3) is 5.91 Å². The molecule has 33 heavy (non-hydrogen) atoms. The molecule has 2 aromatic carbocycles. The van der Waals surface area contributed by atoms with Crippen LogP contribution in [0.2, 0.25) is 0 Å². The highest BCUT2D eigenvalue weighted by Gasteiger charge is 2.14. The molecule has 0 saturated carbocycles. The number of carbonyl (C=O) groups is 1. The summed E-state index contributed by atoms with van der Waals surface area (Å²) in [6.45, 7) is 6.49. The lowest BCUT2D eigenvalue weighted by Crippen LogP contribution is -2.25. The van der Waals surface area contributed by atoms with Crippen LogP contribution in [-0.2, 0) is 12.2 Å². The van der Waals surface area contributed by atoms with Gasteiger partial charge in [-0.25, -0.2) is 4.68 Å². The minimum atomic E-state index is -0.0476. The van der Waals surface area contributed by atoms with Crippen molar-refractivity contribution >= 4 is 17.7 Å². The van der Waals surface area contributed by atoms with E-state index in [1.165, 1.54) is 5.56 Å². The van der Waals surface area contributed by atoms with Crippen molar-refractivity contribution in [2.45, 2.75) is 44.3 Å². The van der Waals surface area contributed by atoms with Gasteiger partial charge in [0, 0.05) is 29.0 Å². The number of amides is 1. The van der Waals surface area contributed by atoms with Crippen LogP contribution in [0.1, 0.15) is 45.1 Å². The first-order valence-electron chi connectivity index (χ1n) is 11.1. The molecule has 0 atom stereocenters. The highest BCUT2D eigenvalue weighted by molar-refractivity contribution is 7.98. The Labute approximate surface area is 198 Å². The topological polar surface area (TPSA) is 73.0 Å². The SMILES string of the molecule is Cc1nn(-c2ccccc2)cc1CCCNC(=O)c1ccccc1SCc1c(C)noc1C. The Morgan fingerprint density at radius 2 is 1.79 bits per heavy atom. The first-order chi connectivity index (χ1) is 16.0. The standard InChI is InChI=1S/C26H28N4O2S/c1-18-21(16-30(28-18)22-11-5-4-6-12-22)10-9-15-27-26(31)23-13-7-8-14-25(23)33-17-24-19(2)29-32-20(24)3/h4-8,11-14,16H,9-10,15,17H2,1-3H3,(H,27,31). The number of rotatable bonds is 9. The zero-order valence-electron chi connectivity index (χ0n) is 19.2. The second kappa shape index (κ2) is 10.5. The molecule has 0 spiro atoms. The van der Waals surface area contributed by atoms with Crippen molar-refractivity contribution in [2.24, 2.45) is 0 Å². The van der Waals surface area contributed by atoms with E-state index in [1.807, 2.05) is 80.1 Å². The Bertz CT molecular complexity index is 1210. The van der Waals surface area contributed by atoms with Crippen LogP contribution >= 0.6 is 11.8 Å². The number of nitrogens with one attached hydrogen (secondary N) is 1. The van der Waals surface area contributed by atoms with Gasteiger partial charge in [-0.3, -0.25) is 4.79 Å². The average Bonchev–Trinajstić information content (AvgIpc) is 3.37. The molecule has 4 rings (SSSR count). The van der Waals surface area contributed by atoms with Crippen LogP contribution in [0.4, 0.5) is 0 Å². The van der Waals surface area contributed by atoms with Crippen LogP contribution in [0.3, 0.4) is 0 Å². The highest BCUT2D eigenvalue weighted by Crippen LogP contribution is 2.28. The number of carbonyl (C=O) groups excluding carboxylic acids is 1. The molecule has 0 unspecified atom stereocenters. The van der Waals surface area contributed by atoms with Crippen LogP contribution in [-0.4, -0.2) is 27.4 Å². The van der Waals surface area contributed by atoms with E-state index in [0.717, 1.165) is 51.9 Å². The third kappa shape index (κ3) is 5.54. The summed E-state index contributed by atoms with van der Waals surface area (Å²) in [5.41, 5.74) is 5.94. The fourth-order valence-electron chi connectivity index (χ4n) is 3.67. The minimum Gasteiger partial charge on any atom is -0.361 e. The number of thioether (sulfide) groups is 1. The molecule has 4 aromatic rings. The Morgan fingerprint density at radius 3 is 2.55 bits per heavy atom. The summed E-state index contributed by atoms with van der Waals surface area (Å²) >= 11 is 1.63. The van der Waals surface area contributed by atoms with Crippen LogP contribution in [0, 0.1) is 20.8 Å². The lowest BCUT2D eigenvalue weighted by atomic mass is 10.1. The van der Waals surface area contributed by atoms with Crippen molar-refractivity contribution in [3.05, 3.63) is 94.6 Å². The van der Waals surface area contributed by atoms with Crippen LogP contribution in [0.15, 0.2) is 70.2 Å². The molecule has 2 heterocycles. The van der Waals surface area contributed by atoms with Gasteiger partial charge in [0.1, 0.15) is 5.76 Å². The molecule has 170 valence electrons. The summed E-state index contributed by atoms with van der Waals surface area (Å²) in [4.78, 5) is 13.8. The lowest BCUT2D eigenvalue weighted by molar-refractivity contribution is 0.0950. The zero-order chi connectivity index (χ0) is 23.2. The number of nitrogens with zero attached hydrogens (tertiary/aromatic N) is 3. The minimum absolute atomic E-state index is 0.0476. The molecular weight excluding hydrogens is 432 g/mol. The molecule has 0 aliphatic carbocycles. The molecule has 1 N–H and O–H groups in total. The number of aromatic nitrogens is 3. The van der Waals surface area contributed by atoms with Crippen molar-refractivity contribution in [2.75, 3.05) is 6.54 Å². The van der Waals surface area contributed by atoms with E-state index in [0.29, 0.717) is 12.1 Å². The molecule has 6 nitrogen and oxygen atoms in total. The fourth-order valence-corrected chi connectivity index (χ4v) is 4.87. The maximum atomic E-state index is 12.9. The summed E-state index contributed by atoms with van der Waals surface area (Å²) in [5.74, 6) is 1.50. The van der Waals surface area contributed by atoms with Crippen molar-refractivity contribution in [1.29, 1.82) is 0 Å². The average molecular weight is 461 g/mol. The summed E-state index contributed by atoms with van der Waals surface area (Å²) in [6.07, 6.45) is 3.79. The Hall–Kier alpha value is -3.32. The third-order valence-corrected chi connectivity index (χ3v) is 6.71. The lowest BCUT2D eigenvalue weighted by Gasteiger charge is -2.10. The molecule has 0 fully saturated rings. The number of para-hydroxylation sites is 1. The van der Waals surface area contributed by atoms with Gasteiger partial charge in [-0.1, -0.05) is 35.5 Å². The monoisotopic (exact) mass is 460 g/mol. The number of hydrogen-bond donors (Lipinski definition) is 1. The van der Waals surface area contributed by atoms with Gasteiger partial charge in [0.2, 0.25) is 0 Å². The van der Waals surface area contributed by atoms with Gasteiger partial charge in [-0.2, -0.15) is 5.10 Å². The molecule has 2 aromatic heterocycles. The van der Waals surface area contributed by atoms with E-state index in [4.69, 9.17) is 4.52 Å². The first-order valence-corrected chi connectivity index (χ1v) is 12.0. The van der Waals surface area contributed by atoms with Gasteiger partial charge in [0.15, 0.2) is 0 Å². The van der Waals surface area contributed by atoms with Crippen molar-refractivity contribution in [3.8, 4) is 5.69 Å². The Morgan fingerprint density at radius 1 is 1.03 bits per heavy atom. The molecule has 0 bridgehead atoms. The summed E-state index contributed by atoms with van der Waals surface area (Å²) < 4.78 is 7.16. The van der Waals surface area contributed by atoms with Crippen molar-refractivity contribution < 1.29 is 9.32 Å². The fraction of sp³-hybridized carbons (Fsp3) is 0.269. The van der Waals surface area contributed by atoms with E-state index in [-0.39, 0.29) is 5.91 Å². The maximum Gasteiger partial charge on any atom is 0.252 e. The van der Waals surface area contributed by atoms with Gasteiger partial charge < -0.3 is 9.84 Å². The van der Waals surface area contributed by atoms with Gasteiger partial charge >= 0.3 is 0 Å². The van der Waals surface area contributed by atoms with E-state index in [2.05, 4.69) is 21.8 Å². The second-order valence-corrected chi connectivity index (χ2v) is 8.98. The molecule has 1 amide bonds. The van der Waals surface area contributed by atoms with Crippen molar-refractivity contribution in [1.82, 2.24) is 20.3 Å². The predicted octanol–water partition coefficient (Wildman–Crippen LogP) is 5.44. The Balaban J connectivity index is 1.31. The quantitative estimate of drug-likeness (QED) is 0.266. The van der Waals surface area contributed by atoms with Crippen LogP contribution in [0.25, 0.3) is 5.69 Å². The molecule has 0 saturated heterocycles. The van der Waals surface area contributed by atoms with Crippen LogP contribution < -0.4 is 5.32 Å². The van der Waals surface area contributed by atoms with Crippen molar-refractivity contribution in [3.63, 3.8) is 0 Å². The van der Waals surface area contributed by atoms with Crippen LogP contribution in [0.5, 0.6) is 0 Å². The molecule has 0 aliphatic heterocycles. The van der Waals surface area contributed by atoms with E-state index in [9.17, 15) is 4.79 Å².